The molecule has 20 heavy (non-hydrogen) atoms. The van der Waals surface area contributed by atoms with E-state index in [2.05, 4.69) is 5.32 Å². The summed E-state index contributed by atoms with van der Waals surface area (Å²) in [7, 11) is 1.66. The summed E-state index contributed by atoms with van der Waals surface area (Å²) < 4.78 is 5.13. The van der Waals surface area contributed by atoms with Crippen LogP contribution in [-0.2, 0) is 11.2 Å². The molecule has 1 N–H and O–H groups in total. The van der Waals surface area contributed by atoms with E-state index in [1.54, 1.807) is 7.11 Å². The summed E-state index contributed by atoms with van der Waals surface area (Å²) in [5.74, 6) is 2.70. The molecular formula is C17H23NO2. The molecule has 1 aromatic carbocycles. The Kier molecular flexibility index (Phi) is 3.95. The van der Waals surface area contributed by atoms with Crippen molar-refractivity contribution in [2.75, 3.05) is 7.11 Å². The fourth-order valence-corrected chi connectivity index (χ4v) is 3.75. The average molecular weight is 273 g/mol. The molecule has 0 spiro atoms. The Hall–Kier alpha value is -1.51. The van der Waals surface area contributed by atoms with Gasteiger partial charge in [0.15, 0.2) is 0 Å². The maximum Gasteiger partial charge on any atom is 0.220 e. The molecule has 0 aromatic heterocycles. The van der Waals surface area contributed by atoms with Crippen LogP contribution in [0.3, 0.4) is 0 Å². The molecule has 0 aliphatic heterocycles. The van der Waals surface area contributed by atoms with Gasteiger partial charge in [0, 0.05) is 12.5 Å². The van der Waals surface area contributed by atoms with Crippen molar-refractivity contribution in [3.8, 4) is 5.75 Å². The summed E-state index contributed by atoms with van der Waals surface area (Å²) in [6, 6.07) is 8.41. The number of amides is 1. The minimum Gasteiger partial charge on any atom is -0.497 e. The van der Waals surface area contributed by atoms with Crippen molar-refractivity contribution in [1.29, 1.82) is 0 Å². The van der Waals surface area contributed by atoms with Crippen LogP contribution in [0.2, 0.25) is 0 Å². The molecule has 2 aliphatic carbocycles. The van der Waals surface area contributed by atoms with Crippen LogP contribution < -0.4 is 10.1 Å². The van der Waals surface area contributed by atoms with Gasteiger partial charge in [0.1, 0.15) is 5.75 Å². The Morgan fingerprint density at radius 3 is 2.65 bits per heavy atom. The van der Waals surface area contributed by atoms with E-state index in [1.807, 2.05) is 24.3 Å². The number of nitrogens with one attached hydrogen (secondary N) is 1. The fourth-order valence-electron chi connectivity index (χ4n) is 3.75. The van der Waals surface area contributed by atoms with Crippen LogP contribution in [0, 0.1) is 11.8 Å². The van der Waals surface area contributed by atoms with Crippen LogP contribution in [0.4, 0.5) is 0 Å². The summed E-state index contributed by atoms with van der Waals surface area (Å²) in [4.78, 5) is 12.0. The van der Waals surface area contributed by atoms with Gasteiger partial charge in [-0.3, -0.25) is 4.79 Å². The second kappa shape index (κ2) is 5.86. The van der Waals surface area contributed by atoms with Gasteiger partial charge in [0.2, 0.25) is 5.91 Å². The SMILES string of the molecule is COc1ccc(CCC(=O)N[C@@H]2C[C@H]3CC[C@@H]2C3)cc1. The maximum absolute atomic E-state index is 12.0. The molecule has 2 aliphatic rings. The standard InChI is InChI=1S/C17H23NO2/c1-20-15-7-3-12(4-8-15)5-9-17(19)18-16-11-13-2-6-14(16)10-13/h3-4,7-8,13-14,16H,2,5-6,9-11H2,1H3,(H,18,19)/t13-,14+,16+/m0/s1. The van der Waals surface area contributed by atoms with Gasteiger partial charge in [-0.2, -0.15) is 0 Å². The molecule has 2 bridgehead atoms. The zero-order chi connectivity index (χ0) is 13.9. The van der Waals surface area contributed by atoms with Crippen molar-refractivity contribution in [3.05, 3.63) is 29.8 Å². The van der Waals surface area contributed by atoms with Crippen molar-refractivity contribution in [2.45, 2.75) is 44.6 Å². The third-order valence-corrected chi connectivity index (χ3v) is 4.88. The topological polar surface area (TPSA) is 38.3 Å². The molecule has 2 saturated carbocycles. The molecule has 1 amide bonds. The van der Waals surface area contributed by atoms with Crippen LogP contribution in [0.15, 0.2) is 24.3 Å². The summed E-state index contributed by atoms with van der Waals surface area (Å²) >= 11 is 0. The quantitative estimate of drug-likeness (QED) is 0.895. The van der Waals surface area contributed by atoms with Crippen molar-refractivity contribution >= 4 is 5.91 Å². The van der Waals surface area contributed by atoms with Gasteiger partial charge >= 0.3 is 0 Å². The highest BCUT2D eigenvalue weighted by molar-refractivity contribution is 5.76. The Bertz CT molecular complexity index is 468. The Balaban J connectivity index is 1.44. The van der Waals surface area contributed by atoms with Gasteiger partial charge in [-0.05, 0) is 55.2 Å². The van der Waals surface area contributed by atoms with E-state index in [4.69, 9.17) is 4.74 Å². The third-order valence-electron chi connectivity index (χ3n) is 4.88. The Morgan fingerprint density at radius 2 is 2.05 bits per heavy atom. The Labute approximate surface area is 120 Å². The first-order valence-electron chi connectivity index (χ1n) is 7.67. The molecule has 0 radical (unpaired) electrons. The molecule has 2 fully saturated rings. The molecule has 0 saturated heterocycles. The van der Waals surface area contributed by atoms with Crippen molar-refractivity contribution in [1.82, 2.24) is 5.32 Å². The van der Waals surface area contributed by atoms with E-state index >= 15 is 0 Å². The summed E-state index contributed by atoms with van der Waals surface area (Å²) in [5, 5.41) is 3.24. The number of methoxy groups -OCH3 is 1. The van der Waals surface area contributed by atoms with Crippen LogP contribution >= 0.6 is 0 Å². The lowest BCUT2D eigenvalue weighted by molar-refractivity contribution is -0.122. The van der Waals surface area contributed by atoms with Gasteiger partial charge in [0.25, 0.3) is 0 Å². The van der Waals surface area contributed by atoms with Crippen molar-refractivity contribution < 1.29 is 9.53 Å². The van der Waals surface area contributed by atoms with Crippen molar-refractivity contribution in [2.24, 2.45) is 11.8 Å². The van der Waals surface area contributed by atoms with Gasteiger partial charge in [-0.15, -0.1) is 0 Å². The van der Waals surface area contributed by atoms with E-state index in [0.29, 0.717) is 12.5 Å². The molecule has 3 nitrogen and oxygen atoms in total. The summed E-state index contributed by atoms with van der Waals surface area (Å²) in [6.45, 7) is 0. The monoisotopic (exact) mass is 273 g/mol. The van der Waals surface area contributed by atoms with Crippen molar-refractivity contribution in [3.63, 3.8) is 0 Å². The number of carbonyl (C=O) groups is 1. The molecule has 0 unspecified atom stereocenters. The van der Waals surface area contributed by atoms with E-state index in [9.17, 15) is 4.79 Å². The molecule has 3 heteroatoms. The first-order valence-corrected chi connectivity index (χ1v) is 7.67. The predicted molar refractivity (Wildman–Crippen MR) is 78.7 cm³/mol. The van der Waals surface area contributed by atoms with E-state index in [0.717, 1.165) is 24.0 Å². The predicted octanol–water partition coefficient (Wildman–Crippen LogP) is 2.93. The summed E-state index contributed by atoms with van der Waals surface area (Å²) in [5.41, 5.74) is 1.19. The lowest BCUT2D eigenvalue weighted by Gasteiger charge is -2.22. The fraction of sp³-hybridized carbons (Fsp3) is 0.588. The maximum atomic E-state index is 12.0. The number of fused-ring (bicyclic) bond motifs is 2. The minimum atomic E-state index is 0.207. The van der Waals surface area contributed by atoms with E-state index < -0.39 is 0 Å². The number of aryl methyl sites for hydroxylation is 1. The third kappa shape index (κ3) is 2.97. The van der Waals surface area contributed by atoms with E-state index in [-0.39, 0.29) is 5.91 Å². The van der Waals surface area contributed by atoms with Crippen LogP contribution in [-0.4, -0.2) is 19.1 Å². The first kappa shape index (κ1) is 13.5. The first-order chi connectivity index (χ1) is 9.74. The lowest BCUT2D eigenvalue weighted by Crippen LogP contribution is -2.38. The molecule has 1 aromatic rings. The van der Waals surface area contributed by atoms with Gasteiger partial charge in [-0.25, -0.2) is 0 Å². The molecule has 3 atom stereocenters. The number of rotatable bonds is 5. The zero-order valence-electron chi connectivity index (χ0n) is 12.1. The smallest absolute Gasteiger partial charge is 0.220 e. The minimum absolute atomic E-state index is 0.207. The number of hydrogen-bond donors (Lipinski definition) is 1. The average Bonchev–Trinajstić information content (AvgIpc) is 3.08. The van der Waals surface area contributed by atoms with Crippen LogP contribution in [0.5, 0.6) is 5.75 Å². The molecule has 108 valence electrons. The second-order valence-corrected chi connectivity index (χ2v) is 6.20. The Morgan fingerprint density at radius 1 is 1.25 bits per heavy atom. The number of benzene rings is 1. The highest BCUT2D eigenvalue weighted by Crippen LogP contribution is 2.44. The normalized spacial score (nSPS) is 27.6. The number of carbonyl (C=O) groups excluding carboxylic acids is 1. The lowest BCUT2D eigenvalue weighted by atomic mass is 9.95. The highest BCUT2D eigenvalue weighted by atomic mass is 16.5. The number of hydrogen-bond acceptors (Lipinski definition) is 2. The highest BCUT2D eigenvalue weighted by Gasteiger charge is 2.39. The second-order valence-electron chi connectivity index (χ2n) is 6.20. The largest absolute Gasteiger partial charge is 0.497 e. The number of ether oxygens (including phenoxy) is 1. The summed E-state index contributed by atoms with van der Waals surface area (Å²) in [6.07, 6.45) is 6.62. The van der Waals surface area contributed by atoms with E-state index in [1.165, 1.54) is 31.2 Å². The van der Waals surface area contributed by atoms with Crippen LogP contribution in [0.1, 0.15) is 37.7 Å². The molecular weight excluding hydrogens is 250 g/mol. The zero-order valence-corrected chi connectivity index (χ0v) is 12.1. The molecule has 3 rings (SSSR count). The van der Waals surface area contributed by atoms with Crippen LogP contribution in [0.25, 0.3) is 0 Å². The van der Waals surface area contributed by atoms with Gasteiger partial charge in [-0.1, -0.05) is 18.6 Å². The van der Waals surface area contributed by atoms with Gasteiger partial charge < -0.3 is 10.1 Å². The molecule has 0 heterocycles. The van der Waals surface area contributed by atoms with Gasteiger partial charge in [0.05, 0.1) is 7.11 Å².